The van der Waals surface area contributed by atoms with Crippen LogP contribution < -0.4 is 10.6 Å². The number of carbonyl (C=O) groups excluding carboxylic acids is 1. The highest BCUT2D eigenvalue weighted by atomic mass is 16.5. The summed E-state index contributed by atoms with van der Waals surface area (Å²) in [7, 11) is 1.66. The SMILES string of the molecule is COCCn1ccc(NC(=O)NC2CCCCCC2)n1. The number of carbonyl (C=O) groups is 1. The van der Waals surface area contributed by atoms with Crippen LogP contribution in [0.1, 0.15) is 38.5 Å². The summed E-state index contributed by atoms with van der Waals surface area (Å²) >= 11 is 0. The molecule has 1 aliphatic rings. The van der Waals surface area contributed by atoms with Crippen molar-refractivity contribution in [3.8, 4) is 0 Å². The van der Waals surface area contributed by atoms with Crippen molar-refractivity contribution < 1.29 is 9.53 Å². The molecule has 1 heterocycles. The lowest BCUT2D eigenvalue weighted by Gasteiger charge is -2.15. The minimum atomic E-state index is -0.158. The first-order valence-corrected chi connectivity index (χ1v) is 7.38. The van der Waals surface area contributed by atoms with Gasteiger partial charge in [0.05, 0.1) is 13.2 Å². The van der Waals surface area contributed by atoms with Crippen LogP contribution in [0.15, 0.2) is 12.3 Å². The highest BCUT2D eigenvalue weighted by molar-refractivity contribution is 5.88. The second kappa shape index (κ2) is 7.89. The van der Waals surface area contributed by atoms with E-state index in [2.05, 4.69) is 15.7 Å². The zero-order valence-corrected chi connectivity index (χ0v) is 12.1. The van der Waals surface area contributed by atoms with E-state index in [0.717, 1.165) is 12.8 Å². The molecule has 0 spiro atoms. The zero-order valence-electron chi connectivity index (χ0n) is 12.1. The lowest BCUT2D eigenvalue weighted by molar-refractivity contribution is 0.183. The molecule has 6 nitrogen and oxygen atoms in total. The van der Waals surface area contributed by atoms with Gasteiger partial charge in [0.25, 0.3) is 0 Å². The van der Waals surface area contributed by atoms with Crippen LogP contribution in [0.4, 0.5) is 10.6 Å². The van der Waals surface area contributed by atoms with Crippen molar-refractivity contribution in [3.05, 3.63) is 12.3 Å². The molecule has 0 aromatic carbocycles. The van der Waals surface area contributed by atoms with Gasteiger partial charge in [-0.05, 0) is 12.8 Å². The molecule has 20 heavy (non-hydrogen) atoms. The summed E-state index contributed by atoms with van der Waals surface area (Å²) in [5.41, 5.74) is 0. The van der Waals surface area contributed by atoms with E-state index in [-0.39, 0.29) is 6.03 Å². The molecule has 0 radical (unpaired) electrons. The van der Waals surface area contributed by atoms with Crippen LogP contribution >= 0.6 is 0 Å². The molecule has 0 saturated heterocycles. The third-order valence-corrected chi connectivity index (χ3v) is 3.60. The summed E-state index contributed by atoms with van der Waals surface area (Å²) in [6.45, 7) is 1.29. The van der Waals surface area contributed by atoms with Crippen molar-refractivity contribution in [2.75, 3.05) is 19.0 Å². The number of ether oxygens (including phenoxy) is 1. The number of hydrogen-bond acceptors (Lipinski definition) is 3. The normalized spacial score (nSPS) is 16.6. The second-order valence-electron chi connectivity index (χ2n) is 5.24. The number of urea groups is 1. The first-order chi connectivity index (χ1) is 9.78. The maximum Gasteiger partial charge on any atom is 0.320 e. The van der Waals surface area contributed by atoms with E-state index in [0.29, 0.717) is 25.0 Å². The molecule has 2 rings (SSSR count). The van der Waals surface area contributed by atoms with Gasteiger partial charge < -0.3 is 10.1 Å². The summed E-state index contributed by atoms with van der Waals surface area (Å²) in [4.78, 5) is 11.9. The number of nitrogens with one attached hydrogen (secondary N) is 2. The molecule has 2 amide bonds. The summed E-state index contributed by atoms with van der Waals surface area (Å²) in [6, 6.07) is 1.93. The minimum absolute atomic E-state index is 0.158. The molecule has 0 atom stereocenters. The Bertz CT molecular complexity index is 411. The van der Waals surface area contributed by atoms with Crippen molar-refractivity contribution in [3.63, 3.8) is 0 Å². The molecule has 0 bridgehead atoms. The molecule has 1 saturated carbocycles. The Balaban J connectivity index is 1.76. The highest BCUT2D eigenvalue weighted by Crippen LogP contribution is 2.17. The predicted molar refractivity (Wildman–Crippen MR) is 77.7 cm³/mol. The van der Waals surface area contributed by atoms with Crippen molar-refractivity contribution in [2.24, 2.45) is 0 Å². The standard InChI is InChI=1S/C14H24N4O2/c1-20-11-10-18-9-8-13(17-18)16-14(19)15-12-6-4-2-3-5-7-12/h8-9,12H,2-7,10-11H2,1H3,(H2,15,16,17,19). The minimum Gasteiger partial charge on any atom is -0.383 e. The number of amides is 2. The van der Waals surface area contributed by atoms with Gasteiger partial charge in [0, 0.05) is 25.4 Å². The van der Waals surface area contributed by atoms with Gasteiger partial charge in [0.1, 0.15) is 0 Å². The number of aromatic nitrogens is 2. The number of anilines is 1. The van der Waals surface area contributed by atoms with Crippen LogP contribution in [0.25, 0.3) is 0 Å². The van der Waals surface area contributed by atoms with Crippen LogP contribution in [0, 0.1) is 0 Å². The first-order valence-electron chi connectivity index (χ1n) is 7.38. The van der Waals surface area contributed by atoms with E-state index in [4.69, 9.17) is 4.74 Å². The van der Waals surface area contributed by atoms with E-state index in [9.17, 15) is 4.79 Å². The molecule has 2 N–H and O–H groups in total. The van der Waals surface area contributed by atoms with Crippen LogP contribution in [0.3, 0.4) is 0 Å². The molecule has 0 aliphatic heterocycles. The van der Waals surface area contributed by atoms with Gasteiger partial charge in [0.2, 0.25) is 0 Å². The number of methoxy groups -OCH3 is 1. The van der Waals surface area contributed by atoms with Crippen molar-refractivity contribution in [2.45, 2.75) is 51.1 Å². The third kappa shape index (κ3) is 4.85. The Morgan fingerprint density at radius 1 is 1.40 bits per heavy atom. The van der Waals surface area contributed by atoms with Crippen LogP contribution in [0.5, 0.6) is 0 Å². The Morgan fingerprint density at radius 2 is 2.15 bits per heavy atom. The summed E-state index contributed by atoms with van der Waals surface area (Å²) in [5.74, 6) is 0.576. The predicted octanol–water partition coefficient (Wildman–Crippen LogP) is 2.37. The van der Waals surface area contributed by atoms with E-state index in [1.165, 1.54) is 25.7 Å². The van der Waals surface area contributed by atoms with Gasteiger partial charge in [-0.1, -0.05) is 25.7 Å². The molecule has 112 valence electrons. The molecule has 1 aromatic rings. The first kappa shape index (κ1) is 14.8. The zero-order chi connectivity index (χ0) is 14.2. The highest BCUT2D eigenvalue weighted by Gasteiger charge is 2.15. The smallest absolute Gasteiger partial charge is 0.320 e. The molecule has 6 heteroatoms. The Kier molecular flexibility index (Phi) is 5.86. The number of rotatable bonds is 5. The van der Waals surface area contributed by atoms with Gasteiger partial charge in [-0.3, -0.25) is 10.00 Å². The summed E-state index contributed by atoms with van der Waals surface area (Å²) in [5, 5.41) is 10.1. The molecule has 1 aliphatic carbocycles. The quantitative estimate of drug-likeness (QED) is 0.814. The van der Waals surface area contributed by atoms with Crippen LogP contribution in [-0.2, 0) is 11.3 Å². The second-order valence-corrected chi connectivity index (χ2v) is 5.24. The fourth-order valence-electron chi connectivity index (χ4n) is 2.50. The lowest BCUT2D eigenvalue weighted by atomic mass is 10.1. The number of nitrogens with zero attached hydrogens (tertiary/aromatic N) is 2. The average molecular weight is 280 g/mol. The average Bonchev–Trinajstić information content (AvgIpc) is 2.70. The Morgan fingerprint density at radius 3 is 2.85 bits per heavy atom. The summed E-state index contributed by atoms with van der Waals surface area (Å²) < 4.78 is 6.74. The van der Waals surface area contributed by atoms with Crippen molar-refractivity contribution in [1.82, 2.24) is 15.1 Å². The van der Waals surface area contributed by atoms with E-state index >= 15 is 0 Å². The maximum absolute atomic E-state index is 11.9. The fourth-order valence-corrected chi connectivity index (χ4v) is 2.50. The third-order valence-electron chi connectivity index (χ3n) is 3.60. The van der Waals surface area contributed by atoms with E-state index in [1.54, 1.807) is 17.9 Å². The lowest BCUT2D eigenvalue weighted by Crippen LogP contribution is -2.37. The monoisotopic (exact) mass is 280 g/mol. The Labute approximate surface area is 119 Å². The fraction of sp³-hybridized carbons (Fsp3) is 0.714. The molecule has 1 aromatic heterocycles. The van der Waals surface area contributed by atoms with E-state index in [1.807, 2.05) is 6.20 Å². The van der Waals surface area contributed by atoms with Crippen LogP contribution in [-0.4, -0.2) is 35.6 Å². The van der Waals surface area contributed by atoms with Gasteiger partial charge in [-0.2, -0.15) is 5.10 Å². The van der Waals surface area contributed by atoms with Gasteiger partial charge in [-0.15, -0.1) is 0 Å². The molecular formula is C14H24N4O2. The number of hydrogen-bond donors (Lipinski definition) is 2. The van der Waals surface area contributed by atoms with Gasteiger partial charge >= 0.3 is 6.03 Å². The van der Waals surface area contributed by atoms with Gasteiger partial charge in [-0.25, -0.2) is 4.79 Å². The molecular weight excluding hydrogens is 256 g/mol. The van der Waals surface area contributed by atoms with Crippen molar-refractivity contribution in [1.29, 1.82) is 0 Å². The largest absolute Gasteiger partial charge is 0.383 e. The van der Waals surface area contributed by atoms with Crippen LogP contribution in [0.2, 0.25) is 0 Å². The topological polar surface area (TPSA) is 68.2 Å². The Hall–Kier alpha value is -1.56. The van der Waals surface area contributed by atoms with Crippen molar-refractivity contribution >= 4 is 11.8 Å². The maximum atomic E-state index is 11.9. The molecule has 1 fully saturated rings. The van der Waals surface area contributed by atoms with E-state index < -0.39 is 0 Å². The molecule has 0 unspecified atom stereocenters. The van der Waals surface area contributed by atoms with Gasteiger partial charge in [0.15, 0.2) is 5.82 Å². The summed E-state index contributed by atoms with van der Waals surface area (Å²) in [6.07, 6.45) is 8.96.